The fourth-order valence-electron chi connectivity index (χ4n) is 2.07. The highest BCUT2D eigenvalue weighted by Gasteiger charge is 2.10. The summed E-state index contributed by atoms with van der Waals surface area (Å²) >= 11 is 1.31. The third-order valence-electron chi connectivity index (χ3n) is 3.24. The molecule has 132 valence electrons. The van der Waals surface area contributed by atoms with Gasteiger partial charge in [-0.25, -0.2) is 9.37 Å². The van der Waals surface area contributed by atoms with Crippen molar-refractivity contribution in [2.75, 3.05) is 17.2 Å². The number of thiazole rings is 1. The molecule has 8 heteroatoms. The molecule has 26 heavy (non-hydrogen) atoms. The van der Waals surface area contributed by atoms with Crippen LogP contribution in [0, 0.1) is 5.82 Å². The minimum atomic E-state index is -0.396. The molecular formula is C18H14FN3O3S. The average molecular weight is 371 g/mol. The fourth-order valence-corrected chi connectivity index (χ4v) is 2.59. The van der Waals surface area contributed by atoms with E-state index in [2.05, 4.69) is 15.6 Å². The molecule has 0 aliphatic rings. The SMILES string of the molecule is O=C(COc1ccc(F)cc1)Nc1cccc(C(=O)Nc2nccs2)c1. The summed E-state index contributed by atoms with van der Waals surface area (Å²) < 4.78 is 18.1. The van der Waals surface area contributed by atoms with E-state index in [1.165, 1.54) is 35.6 Å². The summed E-state index contributed by atoms with van der Waals surface area (Å²) in [5.74, 6) is -0.710. The van der Waals surface area contributed by atoms with Crippen LogP contribution in [0.25, 0.3) is 0 Å². The summed E-state index contributed by atoms with van der Waals surface area (Å²) in [7, 11) is 0. The molecular weight excluding hydrogens is 357 g/mol. The van der Waals surface area contributed by atoms with Gasteiger partial charge in [0.25, 0.3) is 11.8 Å². The van der Waals surface area contributed by atoms with Crippen molar-refractivity contribution in [3.63, 3.8) is 0 Å². The summed E-state index contributed by atoms with van der Waals surface area (Å²) in [6, 6.07) is 11.9. The second-order valence-corrected chi connectivity index (χ2v) is 6.06. The molecule has 0 unspecified atom stereocenters. The first kappa shape index (κ1) is 17.6. The van der Waals surface area contributed by atoms with Gasteiger partial charge >= 0.3 is 0 Å². The average Bonchev–Trinajstić information content (AvgIpc) is 3.14. The van der Waals surface area contributed by atoms with Gasteiger partial charge in [-0.3, -0.25) is 14.9 Å². The van der Waals surface area contributed by atoms with E-state index >= 15 is 0 Å². The zero-order valence-corrected chi connectivity index (χ0v) is 14.3. The second-order valence-electron chi connectivity index (χ2n) is 5.16. The molecule has 1 heterocycles. The maximum atomic E-state index is 12.8. The lowest BCUT2D eigenvalue weighted by Gasteiger charge is -2.09. The van der Waals surface area contributed by atoms with Gasteiger partial charge in [0.05, 0.1) is 0 Å². The highest BCUT2D eigenvalue weighted by atomic mass is 32.1. The molecule has 0 aliphatic carbocycles. The van der Waals surface area contributed by atoms with Crippen LogP contribution in [0.2, 0.25) is 0 Å². The lowest BCUT2D eigenvalue weighted by molar-refractivity contribution is -0.118. The quantitative estimate of drug-likeness (QED) is 0.694. The van der Waals surface area contributed by atoms with Crippen LogP contribution in [0.1, 0.15) is 10.4 Å². The van der Waals surface area contributed by atoms with Gasteiger partial charge in [0.1, 0.15) is 11.6 Å². The van der Waals surface area contributed by atoms with Gasteiger partial charge in [0.15, 0.2) is 11.7 Å². The van der Waals surface area contributed by atoms with Gasteiger partial charge in [-0.05, 0) is 42.5 Å². The van der Waals surface area contributed by atoms with Crippen LogP contribution >= 0.6 is 11.3 Å². The predicted molar refractivity (Wildman–Crippen MR) is 97.0 cm³/mol. The van der Waals surface area contributed by atoms with E-state index in [-0.39, 0.29) is 18.3 Å². The van der Waals surface area contributed by atoms with Crippen molar-refractivity contribution in [1.82, 2.24) is 4.98 Å². The molecule has 0 spiro atoms. The van der Waals surface area contributed by atoms with Crippen LogP contribution in [0.15, 0.2) is 60.1 Å². The van der Waals surface area contributed by atoms with Gasteiger partial charge in [-0.2, -0.15) is 0 Å². The molecule has 0 aliphatic heterocycles. The number of carbonyl (C=O) groups excluding carboxylic acids is 2. The van der Waals surface area contributed by atoms with E-state index in [0.717, 1.165) is 0 Å². The summed E-state index contributed by atoms with van der Waals surface area (Å²) in [6.45, 7) is -0.235. The Hall–Kier alpha value is -3.26. The summed E-state index contributed by atoms with van der Waals surface area (Å²) in [5, 5.41) is 7.57. The number of rotatable bonds is 6. The normalized spacial score (nSPS) is 10.2. The number of carbonyl (C=O) groups is 2. The molecule has 2 aromatic carbocycles. The van der Waals surface area contributed by atoms with E-state index in [4.69, 9.17) is 4.74 Å². The molecule has 0 atom stereocenters. The molecule has 1 aromatic heterocycles. The van der Waals surface area contributed by atoms with Crippen molar-refractivity contribution in [1.29, 1.82) is 0 Å². The zero-order valence-electron chi connectivity index (χ0n) is 13.4. The second kappa shape index (κ2) is 8.21. The molecule has 0 saturated heterocycles. The van der Waals surface area contributed by atoms with Crippen molar-refractivity contribution >= 4 is 34.0 Å². The van der Waals surface area contributed by atoms with Gasteiger partial charge in [-0.1, -0.05) is 6.07 Å². The maximum absolute atomic E-state index is 12.8. The minimum absolute atomic E-state index is 0.235. The van der Waals surface area contributed by atoms with Crippen LogP contribution in [-0.2, 0) is 4.79 Å². The Balaban J connectivity index is 1.56. The number of hydrogen-bond donors (Lipinski definition) is 2. The Morgan fingerprint density at radius 1 is 1.12 bits per heavy atom. The minimum Gasteiger partial charge on any atom is -0.484 e. The molecule has 3 aromatic rings. The number of nitrogens with zero attached hydrogens (tertiary/aromatic N) is 1. The predicted octanol–water partition coefficient (Wildman–Crippen LogP) is 3.55. The van der Waals surface area contributed by atoms with Crippen LogP contribution < -0.4 is 15.4 Å². The number of nitrogens with one attached hydrogen (secondary N) is 2. The Kier molecular flexibility index (Phi) is 5.55. The third-order valence-corrected chi connectivity index (χ3v) is 3.93. The Labute approximate surface area is 152 Å². The van der Waals surface area contributed by atoms with Crippen molar-refractivity contribution in [2.45, 2.75) is 0 Å². The largest absolute Gasteiger partial charge is 0.484 e. The van der Waals surface area contributed by atoms with Crippen LogP contribution in [0.5, 0.6) is 5.75 Å². The lowest BCUT2D eigenvalue weighted by atomic mass is 10.2. The summed E-state index contributed by atoms with van der Waals surface area (Å²) in [5.41, 5.74) is 0.849. The summed E-state index contributed by atoms with van der Waals surface area (Å²) in [4.78, 5) is 28.1. The molecule has 0 fully saturated rings. The topological polar surface area (TPSA) is 80.3 Å². The number of halogens is 1. The van der Waals surface area contributed by atoms with E-state index in [9.17, 15) is 14.0 Å². The monoisotopic (exact) mass is 371 g/mol. The van der Waals surface area contributed by atoms with Crippen molar-refractivity contribution in [3.8, 4) is 5.75 Å². The highest BCUT2D eigenvalue weighted by Crippen LogP contribution is 2.16. The number of amides is 2. The number of aromatic nitrogens is 1. The first-order valence-corrected chi connectivity index (χ1v) is 8.47. The van der Waals surface area contributed by atoms with Crippen LogP contribution in [0.4, 0.5) is 15.2 Å². The number of anilines is 2. The maximum Gasteiger partial charge on any atom is 0.262 e. The number of benzene rings is 2. The van der Waals surface area contributed by atoms with Crippen molar-refractivity contribution < 1.29 is 18.7 Å². The first-order valence-electron chi connectivity index (χ1n) is 7.59. The van der Waals surface area contributed by atoms with E-state index in [1.54, 1.807) is 35.8 Å². The molecule has 2 amide bonds. The van der Waals surface area contributed by atoms with Crippen LogP contribution in [-0.4, -0.2) is 23.4 Å². The molecule has 0 radical (unpaired) electrons. The Bertz CT molecular complexity index is 898. The first-order chi connectivity index (χ1) is 12.6. The standard InChI is InChI=1S/C18H14FN3O3S/c19-13-4-6-15(7-5-13)25-11-16(23)21-14-3-1-2-12(10-14)17(24)22-18-20-8-9-26-18/h1-10H,11H2,(H,21,23)(H,20,22,24). The highest BCUT2D eigenvalue weighted by molar-refractivity contribution is 7.13. The van der Waals surface area contributed by atoms with Gasteiger partial charge in [0.2, 0.25) is 0 Å². The molecule has 3 rings (SSSR count). The number of hydrogen-bond acceptors (Lipinski definition) is 5. The molecule has 0 bridgehead atoms. The molecule has 2 N–H and O–H groups in total. The number of ether oxygens (including phenoxy) is 1. The van der Waals surface area contributed by atoms with E-state index in [1.807, 2.05) is 0 Å². The smallest absolute Gasteiger partial charge is 0.262 e. The molecule has 6 nitrogen and oxygen atoms in total. The van der Waals surface area contributed by atoms with E-state index < -0.39 is 5.91 Å². The fraction of sp³-hybridized carbons (Fsp3) is 0.0556. The van der Waals surface area contributed by atoms with Gasteiger partial charge in [0, 0.05) is 22.8 Å². The lowest BCUT2D eigenvalue weighted by Crippen LogP contribution is -2.20. The van der Waals surface area contributed by atoms with Crippen molar-refractivity contribution in [3.05, 3.63) is 71.5 Å². The van der Waals surface area contributed by atoms with Gasteiger partial charge in [-0.15, -0.1) is 11.3 Å². The van der Waals surface area contributed by atoms with Crippen molar-refractivity contribution in [2.24, 2.45) is 0 Å². The van der Waals surface area contributed by atoms with Crippen LogP contribution in [0.3, 0.4) is 0 Å². The third kappa shape index (κ3) is 4.87. The van der Waals surface area contributed by atoms with Gasteiger partial charge < -0.3 is 10.1 Å². The molecule has 0 saturated carbocycles. The zero-order chi connectivity index (χ0) is 18.4. The Morgan fingerprint density at radius 2 is 1.92 bits per heavy atom. The van der Waals surface area contributed by atoms with E-state index in [0.29, 0.717) is 22.1 Å². The Morgan fingerprint density at radius 3 is 2.65 bits per heavy atom. The summed E-state index contributed by atoms with van der Waals surface area (Å²) in [6.07, 6.45) is 1.60.